The fourth-order valence-electron chi connectivity index (χ4n) is 3.82. The quantitative estimate of drug-likeness (QED) is 0.716. The summed E-state index contributed by atoms with van der Waals surface area (Å²) < 4.78 is 5.86. The topological polar surface area (TPSA) is 94.3 Å². The third-order valence-corrected chi connectivity index (χ3v) is 5.42. The molecule has 2 aliphatic carbocycles. The van der Waals surface area contributed by atoms with Crippen LogP contribution in [0.3, 0.4) is 0 Å². The number of aromatic nitrogens is 1. The van der Waals surface area contributed by atoms with Crippen LogP contribution in [-0.2, 0) is 16.0 Å². The van der Waals surface area contributed by atoms with Crippen LogP contribution in [0.4, 0.5) is 0 Å². The third-order valence-electron chi connectivity index (χ3n) is 5.42. The van der Waals surface area contributed by atoms with Gasteiger partial charge in [-0.2, -0.15) is 0 Å². The Morgan fingerprint density at radius 1 is 1.30 bits per heavy atom. The number of rotatable bonds is 7. The second-order valence-electron chi connectivity index (χ2n) is 7.36. The fourth-order valence-corrected chi connectivity index (χ4v) is 3.82. The van der Waals surface area contributed by atoms with Gasteiger partial charge in [-0.1, -0.05) is 19.3 Å². The number of ether oxygens (including phenoxy) is 1. The van der Waals surface area contributed by atoms with Gasteiger partial charge in [-0.3, -0.25) is 14.6 Å². The highest BCUT2D eigenvalue weighted by atomic mass is 16.5. The molecule has 0 saturated heterocycles. The van der Waals surface area contributed by atoms with E-state index in [0.717, 1.165) is 36.4 Å². The lowest BCUT2D eigenvalue weighted by Gasteiger charge is -2.28. The molecule has 1 aromatic heterocycles. The second kappa shape index (κ2) is 10.9. The summed E-state index contributed by atoms with van der Waals surface area (Å²) in [6.45, 7) is 5.49. The van der Waals surface area contributed by atoms with Crippen molar-refractivity contribution in [3.63, 3.8) is 0 Å². The minimum atomic E-state index is 0.231. The molecule has 2 saturated carbocycles. The number of primary amides is 1. The van der Waals surface area contributed by atoms with Crippen molar-refractivity contribution < 1.29 is 14.3 Å². The molecule has 6 heteroatoms. The molecule has 27 heavy (non-hydrogen) atoms. The van der Waals surface area contributed by atoms with Crippen LogP contribution in [0.15, 0.2) is 6.07 Å². The molecular weight excluding hydrogens is 342 g/mol. The second-order valence-corrected chi connectivity index (χ2v) is 7.36. The molecule has 3 N–H and O–H groups in total. The van der Waals surface area contributed by atoms with Gasteiger partial charge in [-0.15, -0.1) is 0 Å². The van der Waals surface area contributed by atoms with Crippen LogP contribution in [0, 0.1) is 12.8 Å². The Labute approximate surface area is 162 Å². The number of carbonyl (C=O) groups is 2. The summed E-state index contributed by atoms with van der Waals surface area (Å²) in [4.78, 5) is 25.6. The highest BCUT2D eigenvalue weighted by Crippen LogP contribution is 2.41. The zero-order chi connectivity index (χ0) is 19.6. The van der Waals surface area contributed by atoms with Gasteiger partial charge in [-0.05, 0) is 51.2 Å². The van der Waals surface area contributed by atoms with Crippen LogP contribution < -0.4 is 15.8 Å². The monoisotopic (exact) mass is 375 g/mol. The van der Waals surface area contributed by atoms with Crippen LogP contribution in [0.5, 0.6) is 5.75 Å². The molecule has 2 fully saturated rings. The van der Waals surface area contributed by atoms with Crippen molar-refractivity contribution in [1.29, 1.82) is 0 Å². The van der Waals surface area contributed by atoms with Gasteiger partial charge in [0.25, 0.3) is 0 Å². The van der Waals surface area contributed by atoms with E-state index in [1.165, 1.54) is 37.7 Å². The molecule has 2 amide bonds. The highest BCUT2D eigenvalue weighted by molar-refractivity contribution is 5.78. The standard InChI is InChI=1S/C20H30N2O2.CH3NO/c1-3-24-19-14(2)13-17(22-18(19)15-9-6-10-15)11-12-21-20(23)16-7-4-5-8-16;2-1-3/h13,15-16H,3-12H2,1-2H3,(H,21,23);1H,(H2,2,3). The number of nitrogens with one attached hydrogen (secondary N) is 1. The molecule has 0 atom stereocenters. The van der Waals surface area contributed by atoms with E-state index in [-0.39, 0.29) is 18.2 Å². The summed E-state index contributed by atoms with van der Waals surface area (Å²) >= 11 is 0. The van der Waals surface area contributed by atoms with Crippen LogP contribution in [0.1, 0.15) is 74.7 Å². The molecule has 0 radical (unpaired) electrons. The predicted molar refractivity (Wildman–Crippen MR) is 106 cm³/mol. The Bertz CT molecular complexity index is 623. The Hall–Kier alpha value is -2.11. The van der Waals surface area contributed by atoms with Crippen LogP contribution in [0.25, 0.3) is 0 Å². The van der Waals surface area contributed by atoms with E-state index < -0.39 is 0 Å². The number of carbonyl (C=O) groups excluding carboxylic acids is 2. The Balaban J connectivity index is 0.000000817. The van der Waals surface area contributed by atoms with Crippen molar-refractivity contribution in [2.45, 2.75) is 71.1 Å². The van der Waals surface area contributed by atoms with E-state index in [1.54, 1.807) is 0 Å². The molecule has 0 unspecified atom stereocenters. The summed E-state index contributed by atoms with van der Waals surface area (Å²) in [6, 6.07) is 2.12. The van der Waals surface area contributed by atoms with Gasteiger partial charge in [0, 0.05) is 30.5 Å². The first-order valence-corrected chi connectivity index (χ1v) is 10.2. The van der Waals surface area contributed by atoms with E-state index in [9.17, 15) is 4.79 Å². The van der Waals surface area contributed by atoms with Crippen LogP contribution in [0.2, 0.25) is 0 Å². The first-order valence-electron chi connectivity index (χ1n) is 10.2. The van der Waals surface area contributed by atoms with Gasteiger partial charge in [0.05, 0.1) is 12.3 Å². The number of nitrogens with two attached hydrogens (primary N) is 1. The lowest BCUT2D eigenvalue weighted by molar-refractivity contribution is -0.124. The zero-order valence-electron chi connectivity index (χ0n) is 16.6. The van der Waals surface area contributed by atoms with Crippen molar-refractivity contribution in [3.8, 4) is 5.75 Å². The number of aryl methyl sites for hydroxylation is 1. The smallest absolute Gasteiger partial charge is 0.223 e. The average Bonchev–Trinajstić information content (AvgIpc) is 3.12. The highest BCUT2D eigenvalue weighted by Gasteiger charge is 2.26. The van der Waals surface area contributed by atoms with E-state index in [1.807, 2.05) is 6.92 Å². The lowest BCUT2D eigenvalue weighted by Crippen LogP contribution is -2.31. The predicted octanol–water partition coefficient (Wildman–Crippen LogP) is 3.01. The van der Waals surface area contributed by atoms with E-state index in [2.05, 4.69) is 24.0 Å². The van der Waals surface area contributed by atoms with Crippen molar-refractivity contribution in [2.75, 3.05) is 13.2 Å². The van der Waals surface area contributed by atoms with E-state index in [0.29, 0.717) is 19.1 Å². The molecule has 0 aromatic carbocycles. The molecule has 0 aliphatic heterocycles. The van der Waals surface area contributed by atoms with Gasteiger partial charge in [0.2, 0.25) is 12.3 Å². The number of hydrogen-bond donors (Lipinski definition) is 2. The Morgan fingerprint density at radius 2 is 1.96 bits per heavy atom. The Morgan fingerprint density at radius 3 is 2.52 bits per heavy atom. The molecule has 0 bridgehead atoms. The number of pyridine rings is 1. The molecule has 150 valence electrons. The first kappa shape index (κ1) is 21.2. The Kier molecular flexibility index (Phi) is 8.55. The summed E-state index contributed by atoms with van der Waals surface area (Å²) in [6.07, 6.45) is 9.27. The number of amides is 2. The summed E-state index contributed by atoms with van der Waals surface area (Å²) in [5.41, 5.74) is 7.55. The molecule has 3 rings (SSSR count). The molecule has 1 aromatic rings. The minimum Gasteiger partial charge on any atom is -0.492 e. The van der Waals surface area contributed by atoms with E-state index in [4.69, 9.17) is 14.5 Å². The molecule has 6 nitrogen and oxygen atoms in total. The number of hydrogen-bond acceptors (Lipinski definition) is 4. The first-order chi connectivity index (χ1) is 13.1. The fraction of sp³-hybridized carbons (Fsp3) is 0.667. The van der Waals surface area contributed by atoms with Crippen molar-refractivity contribution in [2.24, 2.45) is 11.7 Å². The molecule has 2 aliphatic rings. The molecule has 1 heterocycles. The molecular formula is C21H33N3O3. The largest absolute Gasteiger partial charge is 0.492 e. The summed E-state index contributed by atoms with van der Waals surface area (Å²) in [5.74, 6) is 2.01. The summed E-state index contributed by atoms with van der Waals surface area (Å²) in [7, 11) is 0. The van der Waals surface area contributed by atoms with E-state index >= 15 is 0 Å². The zero-order valence-corrected chi connectivity index (χ0v) is 16.6. The normalized spacial score (nSPS) is 16.8. The van der Waals surface area contributed by atoms with Crippen molar-refractivity contribution >= 4 is 12.3 Å². The number of nitrogens with zero attached hydrogens (tertiary/aromatic N) is 1. The minimum absolute atomic E-state index is 0.231. The van der Waals surface area contributed by atoms with Crippen LogP contribution >= 0.6 is 0 Å². The van der Waals surface area contributed by atoms with Gasteiger partial charge in [0.15, 0.2) is 0 Å². The summed E-state index contributed by atoms with van der Waals surface area (Å²) in [5, 5.41) is 3.10. The average molecular weight is 376 g/mol. The van der Waals surface area contributed by atoms with Gasteiger partial charge >= 0.3 is 0 Å². The SMILES string of the molecule is CCOc1c(C)cc(CCNC(=O)C2CCCC2)nc1C1CCC1.NC=O. The maximum absolute atomic E-state index is 12.1. The third kappa shape index (κ3) is 5.94. The maximum Gasteiger partial charge on any atom is 0.223 e. The van der Waals surface area contributed by atoms with Crippen molar-refractivity contribution in [3.05, 3.63) is 23.0 Å². The van der Waals surface area contributed by atoms with Gasteiger partial charge < -0.3 is 15.8 Å². The lowest BCUT2D eigenvalue weighted by atomic mass is 9.81. The van der Waals surface area contributed by atoms with Crippen molar-refractivity contribution in [1.82, 2.24) is 10.3 Å². The van der Waals surface area contributed by atoms with Gasteiger partial charge in [-0.25, -0.2) is 0 Å². The van der Waals surface area contributed by atoms with Gasteiger partial charge in [0.1, 0.15) is 5.75 Å². The van der Waals surface area contributed by atoms with Crippen LogP contribution in [-0.4, -0.2) is 30.5 Å². The maximum atomic E-state index is 12.1. The molecule has 0 spiro atoms.